The first kappa shape index (κ1) is 17.0. The maximum absolute atomic E-state index is 13.0. The Kier molecular flexibility index (Phi) is 4.32. The number of anilines is 1. The molecule has 2 heterocycles. The molecule has 0 bridgehead atoms. The first-order chi connectivity index (χ1) is 12.0. The fraction of sp³-hybridized carbons (Fsp3) is 0.235. The van der Waals surface area contributed by atoms with E-state index in [9.17, 15) is 4.79 Å². The number of carbonyl (C=O) groups is 1. The zero-order valence-electron chi connectivity index (χ0n) is 13.0. The number of nitrogens with two attached hydrogens (primary N) is 1. The number of benzene rings is 1. The van der Waals surface area contributed by atoms with Crippen molar-refractivity contribution in [2.24, 2.45) is 0 Å². The number of nitrogens with zero attached hydrogens (tertiary/aromatic N) is 2. The van der Waals surface area contributed by atoms with Gasteiger partial charge in [0.1, 0.15) is 10.6 Å². The summed E-state index contributed by atoms with van der Waals surface area (Å²) in [6.07, 6.45) is 4.26. The van der Waals surface area contributed by atoms with Crippen LogP contribution in [0, 0.1) is 4.77 Å². The summed E-state index contributed by atoms with van der Waals surface area (Å²) in [5.41, 5.74) is 7.87. The Morgan fingerprint density at radius 2 is 2.04 bits per heavy atom. The lowest BCUT2D eigenvalue weighted by Crippen LogP contribution is -2.19. The van der Waals surface area contributed by atoms with Crippen molar-refractivity contribution in [2.75, 3.05) is 5.73 Å². The van der Waals surface area contributed by atoms with Gasteiger partial charge in [0, 0.05) is 9.90 Å². The number of hydrogen-bond acceptors (Lipinski definition) is 5. The van der Waals surface area contributed by atoms with Crippen LogP contribution >= 0.6 is 46.8 Å². The quantitative estimate of drug-likeness (QED) is 0.555. The van der Waals surface area contributed by atoms with Crippen LogP contribution in [0.4, 0.5) is 5.82 Å². The zero-order valence-corrected chi connectivity index (χ0v) is 16.2. The SMILES string of the molecule is Nc1c2c3c(sc2nc(=S)n1C(=O)c1ccc(Cl)cc1Cl)CCCC3. The van der Waals surface area contributed by atoms with Crippen LogP contribution in [0.1, 0.15) is 33.6 Å². The highest BCUT2D eigenvalue weighted by Crippen LogP contribution is 2.38. The maximum atomic E-state index is 13.0. The van der Waals surface area contributed by atoms with Crippen LogP contribution in [0.25, 0.3) is 10.2 Å². The van der Waals surface area contributed by atoms with Crippen molar-refractivity contribution >= 4 is 68.7 Å². The predicted molar refractivity (Wildman–Crippen MR) is 106 cm³/mol. The molecular formula is C17H13Cl2N3OS2. The Labute approximate surface area is 163 Å². The summed E-state index contributed by atoms with van der Waals surface area (Å²) in [4.78, 5) is 19.6. The van der Waals surface area contributed by atoms with Gasteiger partial charge in [-0.3, -0.25) is 4.79 Å². The van der Waals surface area contributed by atoms with E-state index in [1.54, 1.807) is 23.5 Å². The predicted octanol–water partition coefficient (Wildman–Crippen LogP) is 5.28. The molecule has 1 aliphatic rings. The normalized spacial score (nSPS) is 13.8. The van der Waals surface area contributed by atoms with E-state index in [4.69, 9.17) is 41.2 Å². The van der Waals surface area contributed by atoms with Crippen LogP contribution in [-0.4, -0.2) is 15.5 Å². The molecule has 0 spiro atoms. The van der Waals surface area contributed by atoms with Crippen molar-refractivity contribution in [3.63, 3.8) is 0 Å². The average Bonchev–Trinajstić information content (AvgIpc) is 2.92. The summed E-state index contributed by atoms with van der Waals surface area (Å²) in [7, 11) is 0. The van der Waals surface area contributed by atoms with Gasteiger partial charge >= 0.3 is 0 Å². The molecule has 0 aliphatic heterocycles. The molecule has 0 fully saturated rings. The molecule has 0 radical (unpaired) electrons. The average molecular weight is 410 g/mol. The van der Waals surface area contributed by atoms with Gasteiger partial charge in [0.25, 0.3) is 5.91 Å². The van der Waals surface area contributed by atoms with Crippen molar-refractivity contribution in [3.05, 3.63) is 49.0 Å². The highest BCUT2D eigenvalue weighted by atomic mass is 35.5. The molecule has 25 heavy (non-hydrogen) atoms. The second-order valence-electron chi connectivity index (χ2n) is 5.94. The van der Waals surface area contributed by atoms with Crippen LogP contribution in [0.15, 0.2) is 18.2 Å². The summed E-state index contributed by atoms with van der Waals surface area (Å²) < 4.78 is 1.41. The maximum Gasteiger partial charge on any atom is 0.267 e. The van der Waals surface area contributed by atoms with E-state index >= 15 is 0 Å². The lowest BCUT2D eigenvalue weighted by atomic mass is 9.97. The summed E-state index contributed by atoms with van der Waals surface area (Å²) >= 11 is 19.1. The molecule has 0 amide bonds. The molecule has 0 unspecified atom stereocenters. The molecule has 0 saturated carbocycles. The minimum absolute atomic E-state index is 0.139. The van der Waals surface area contributed by atoms with E-state index in [0.717, 1.165) is 29.5 Å². The number of aryl methyl sites for hydroxylation is 2. The largest absolute Gasteiger partial charge is 0.384 e. The monoisotopic (exact) mass is 409 g/mol. The van der Waals surface area contributed by atoms with Gasteiger partial charge in [0.2, 0.25) is 4.77 Å². The first-order valence-electron chi connectivity index (χ1n) is 7.80. The Hall–Kier alpha value is -1.47. The number of nitrogen functional groups attached to an aromatic ring is 1. The van der Waals surface area contributed by atoms with E-state index in [0.29, 0.717) is 16.4 Å². The first-order valence-corrected chi connectivity index (χ1v) is 9.78. The van der Waals surface area contributed by atoms with Gasteiger partial charge in [-0.05, 0) is 61.7 Å². The summed E-state index contributed by atoms with van der Waals surface area (Å²) in [5, 5.41) is 1.57. The lowest BCUT2D eigenvalue weighted by molar-refractivity contribution is 0.0960. The molecule has 0 saturated heterocycles. The second kappa shape index (κ2) is 6.36. The number of fused-ring (bicyclic) bond motifs is 3. The van der Waals surface area contributed by atoms with Crippen LogP contribution in [0.5, 0.6) is 0 Å². The van der Waals surface area contributed by atoms with Gasteiger partial charge in [-0.15, -0.1) is 11.3 Å². The highest BCUT2D eigenvalue weighted by molar-refractivity contribution is 7.71. The molecule has 1 aromatic carbocycles. The molecule has 1 aliphatic carbocycles. The third-order valence-electron chi connectivity index (χ3n) is 4.40. The van der Waals surface area contributed by atoms with Crippen molar-refractivity contribution in [1.82, 2.24) is 9.55 Å². The van der Waals surface area contributed by atoms with Gasteiger partial charge in [-0.1, -0.05) is 23.2 Å². The van der Waals surface area contributed by atoms with E-state index < -0.39 is 5.91 Å². The minimum atomic E-state index is -0.394. The number of thiophene rings is 1. The zero-order chi connectivity index (χ0) is 17.7. The molecule has 0 atom stereocenters. The number of halogens is 2. The number of rotatable bonds is 1. The number of aromatic nitrogens is 2. The van der Waals surface area contributed by atoms with E-state index in [1.807, 2.05) is 0 Å². The molecule has 4 rings (SSSR count). The molecule has 2 aromatic heterocycles. The van der Waals surface area contributed by atoms with Gasteiger partial charge in [-0.25, -0.2) is 9.55 Å². The third-order valence-corrected chi connectivity index (χ3v) is 6.41. The van der Waals surface area contributed by atoms with Crippen LogP contribution in [0.3, 0.4) is 0 Å². The Morgan fingerprint density at radius 3 is 2.80 bits per heavy atom. The van der Waals surface area contributed by atoms with Crippen molar-refractivity contribution in [2.45, 2.75) is 25.7 Å². The molecule has 2 N–H and O–H groups in total. The number of carbonyl (C=O) groups excluding carboxylic acids is 1. The smallest absolute Gasteiger partial charge is 0.267 e. The van der Waals surface area contributed by atoms with Gasteiger partial charge < -0.3 is 5.73 Å². The fourth-order valence-corrected chi connectivity index (χ4v) is 5.31. The van der Waals surface area contributed by atoms with Crippen LogP contribution < -0.4 is 5.73 Å². The lowest BCUT2D eigenvalue weighted by Gasteiger charge is -2.14. The van der Waals surface area contributed by atoms with Crippen LogP contribution in [0.2, 0.25) is 10.0 Å². The Morgan fingerprint density at radius 1 is 1.28 bits per heavy atom. The van der Waals surface area contributed by atoms with Crippen molar-refractivity contribution in [1.29, 1.82) is 0 Å². The second-order valence-corrected chi connectivity index (χ2v) is 8.23. The van der Waals surface area contributed by atoms with E-state index in [1.165, 1.54) is 27.5 Å². The van der Waals surface area contributed by atoms with Crippen molar-refractivity contribution < 1.29 is 4.79 Å². The van der Waals surface area contributed by atoms with E-state index in [2.05, 4.69) is 4.98 Å². The van der Waals surface area contributed by atoms with Crippen LogP contribution in [-0.2, 0) is 12.8 Å². The fourth-order valence-electron chi connectivity index (χ4n) is 3.23. The summed E-state index contributed by atoms with van der Waals surface area (Å²) in [6, 6.07) is 4.70. The minimum Gasteiger partial charge on any atom is -0.384 e. The molecule has 8 heteroatoms. The molecule has 128 valence electrons. The molecule has 4 nitrogen and oxygen atoms in total. The Bertz CT molecular complexity index is 1090. The molecule has 3 aromatic rings. The van der Waals surface area contributed by atoms with Gasteiger partial charge in [0.15, 0.2) is 0 Å². The van der Waals surface area contributed by atoms with Gasteiger partial charge in [-0.2, -0.15) is 0 Å². The summed E-state index contributed by atoms with van der Waals surface area (Å²) in [6.45, 7) is 0. The topological polar surface area (TPSA) is 60.9 Å². The summed E-state index contributed by atoms with van der Waals surface area (Å²) in [5.74, 6) is -0.0558. The van der Waals surface area contributed by atoms with E-state index in [-0.39, 0.29) is 9.79 Å². The Balaban J connectivity index is 1.95. The van der Waals surface area contributed by atoms with Gasteiger partial charge in [0.05, 0.1) is 16.0 Å². The highest BCUT2D eigenvalue weighted by Gasteiger charge is 2.23. The molecular weight excluding hydrogens is 397 g/mol. The standard InChI is InChI=1S/C17H13Cl2N3OS2/c18-8-5-6-9(11(19)7-8)16(23)22-14(20)13-10-3-1-2-4-12(10)25-15(13)21-17(22)24/h5-7H,1-4,20H2. The number of hydrogen-bond donors (Lipinski definition) is 1. The van der Waals surface area contributed by atoms with Crippen molar-refractivity contribution in [3.8, 4) is 0 Å². The third kappa shape index (κ3) is 2.77.